The molecule has 0 spiro atoms. The Morgan fingerprint density at radius 3 is 2.23 bits per heavy atom. The van der Waals surface area contributed by atoms with Crippen molar-refractivity contribution >= 4 is 29.6 Å². The van der Waals surface area contributed by atoms with Crippen LogP contribution in [0.3, 0.4) is 0 Å². The minimum atomic E-state index is -0.397. The minimum absolute atomic E-state index is 0.113. The maximum Gasteiger partial charge on any atom is 0.277 e. The summed E-state index contributed by atoms with van der Waals surface area (Å²) in [5, 5.41) is 7.16. The van der Waals surface area contributed by atoms with Crippen molar-refractivity contribution in [2.45, 2.75) is 6.54 Å². The summed E-state index contributed by atoms with van der Waals surface area (Å²) in [6.07, 6.45) is 3.03. The third-order valence-electron chi connectivity index (χ3n) is 3.88. The van der Waals surface area contributed by atoms with E-state index < -0.39 is 5.91 Å². The average Bonchev–Trinajstić information content (AvgIpc) is 3.30. The number of amides is 2. The van der Waals surface area contributed by atoms with Crippen LogP contribution in [0.5, 0.6) is 11.5 Å². The van der Waals surface area contributed by atoms with Crippen molar-refractivity contribution in [3.63, 3.8) is 0 Å². The van der Waals surface area contributed by atoms with Crippen LogP contribution in [-0.2, 0) is 16.1 Å². The highest BCUT2D eigenvalue weighted by Crippen LogP contribution is 2.15. The van der Waals surface area contributed by atoms with Gasteiger partial charge in [0.25, 0.3) is 11.8 Å². The van der Waals surface area contributed by atoms with E-state index in [1.54, 1.807) is 66.9 Å². The fourth-order valence-corrected chi connectivity index (χ4v) is 2.47. The van der Waals surface area contributed by atoms with Crippen LogP contribution in [-0.4, -0.2) is 31.2 Å². The number of benzene rings is 2. The van der Waals surface area contributed by atoms with E-state index in [0.29, 0.717) is 28.8 Å². The van der Waals surface area contributed by atoms with Crippen LogP contribution in [0.4, 0.5) is 0 Å². The monoisotopic (exact) mass is 441 g/mol. The lowest BCUT2D eigenvalue weighted by atomic mass is 10.2. The quantitative estimate of drug-likeness (QED) is 0.371. The van der Waals surface area contributed by atoms with Crippen molar-refractivity contribution in [1.82, 2.24) is 10.7 Å². The number of nitrogens with one attached hydrogen (secondary N) is 2. The third kappa shape index (κ3) is 7.87. The molecule has 0 saturated carbocycles. The Bertz CT molecular complexity index is 1000. The normalized spacial score (nSPS) is 10.6. The maximum atomic E-state index is 11.8. The van der Waals surface area contributed by atoms with Gasteiger partial charge in [-0.3, -0.25) is 9.59 Å². The Balaban J connectivity index is 1.35. The van der Waals surface area contributed by atoms with E-state index in [-0.39, 0.29) is 19.1 Å². The lowest BCUT2D eigenvalue weighted by Crippen LogP contribution is -2.28. The van der Waals surface area contributed by atoms with E-state index >= 15 is 0 Å². The van der Waals surface area contributed by atoms with Crippen LogP contribution in [0.15, 0.2) is 76.4 Å². The molecule has 2 amide bonds. The van der Waals surface area contributed by atoms with Crippen molar-refractivity contribution < 1.29 is 23.5 Å². The Morgan fingerprint density at radius 1 is 0.935 bits per heavy atom. The molecule has 3 aromatic rings. The van der Waals surface area contributed by atoms with Crippen LogP contribution in [0, 0.1) is 0 Å². The maximum absolute atomic E-state index is 11.8. The first-order valence-corrected chi connectivity index (χ1v) is 9.68. The van der Waals surface area contributed by atoms with Crippen molar-refractivity contribution in [1.29, 1.82) is 0 Å². The highest BCUT2D eigenvalue weighted by Gasteiger charge is 2.04. The van der Waals surface area contributed by atoms with Crippen LogP contribution in [0.2, 0.25) is 5.02 Å². The Kier molecular flexibility index (Phi) is 8.07. The number of nitrogens with zero attached hydrogens (tertiary/aromatic N) is 1. The smallest absolute Gasteiger partial charge is 0.277 e. The molecule has 2 N–H and O–H groups in total. The number of carbonyl (C=O) groups is 2. The standard InChI is InChI=1S/C22H20ClN3O5/c23-17-5-9-19(10-6-17)31-15-22(28)26-25-12-16-3-7-18(8-4-16)30-14-21(27)24-13-20-2-1-11-29-20/h1-12H,13-15H2,(H,24,27)(H,26,28). The molecule has 9 heteroatoms. The number of carbonyl (C=O) groups excluding carboxylic acids is 2. The van der Waals surface area contributed by atoms with Crippen molar-refractivity contribution in [3.05, 3.63) is 83.3 Å². The molecule has 1 aromatic heterocycles. The fourth-order valence-electron chi connectivity index (χ4n) is 2.34. The lowest BCUT2D eigenvalue weighted by Gasteiger charge is -2.07. The van der Waals surface area contributed by atoms with Gasteiger partial charge in [-0.25, -0.2) is 5.43 Å². The van der Waals surface area contributed by atoms with Gasteiger partial charge in [-0.15, -0.1) is 0 Å². The van der Waals surface area contributed by atoms with E-state index in [2.05, 4.69) is 15.8 Å². The van der Waals surface area contributed by atoms with Gasteiger partial charge in [-0.1, -0.05) is 11.6 Å². The second-order valence-corrected chi connectivity index (χ2v) is 6.69. The second kappa shape index (κ2) is 11.4. The summed E-state index contributed by atoms with van der Waals surface area (Å²) in [4.78, 5) is 23.6. The molecular formula is C22H20ClN3O5. The first-order chi connectivity index (χ1) is 15.1. The second-order valence-electron chi connectivity index (χ2n) is 6.25. The van der Waals surface area contributed by atoms with Crippen LogP contribution >= 0.6 is 11.6 Å². The molecule has 0 atom stereocenters. The molecule has 2 aromatic carbocycles. The number of hydrogen-bond donors (Lipinski definition) is 2. The molecule has 0 fully saturated rings. The number of halogens is 1. The summed E-state index contributed by atoms with van der Waals surface area (Å²) in [5.41, 5.74) is 3.12. The summed E-state index contributed by atoms with van der Waals surface area (Å²) in [6, 6.07) is 17.1. The number of hydrogen-bond acceptors (Lipinski definition) is 6. The summed E-state index contributed by atoms with van der Waals surface area (Å²) >= 11 is 5.79. The van der Waals surface area contributed by atoms with Gasteiger partial charge < -0.3 is 19.2 Å². The summed E-state index contributed by atoms with van der Waals surface area (Å²) < 4.78 is 15.9. The molecule has 0 aliphatic rings. The van der Waals surface area contributed by atoms with E-state index in [9.17, 15) is 9.59 Å². The van der Waals surface area contributed by atoms with Gasteiger partial charge in [0.15, 0.2) is 13.2 Å². The fraction of sp³-hybridized carbons (Fsp3) is 0.136. The van der Waals surface area contributed by atoms with Gasteiger partial charge >= 0.3 is 0 Å². The zero-order valence-electron chi connectivity index (χ0n) is 16.4. The van der Waals surface area contributed by atoms with Gasteiger partial charge in [-0.2, -0.15) is 5.10 Å². The molecule has 31 heavy (non-hydrogen) atoms. The van der Waals surface area contributed by atoms with Crippen molar-refractivity contribution in [2.24, 2.45) is 5.10 Å². The number of hydrazone groups is 1. The summed E-state index contributed by atoms with van der Waals surface area (Å²) in [5.74, 6) is 1.08. The molecule has 0 radical (unpaired) electrons. The number of rotatable bonds is 10. The topological polar surface area (TPSA) is 102 Å². The lowest BCUT2D eigenvalue weighted by molar-refractivity contribution is -0.123. The highest BCUT2D eigenvalue weighted by atomic mass is 35.5. The third-order valence-corrected chi connectivity index (χ3v) is 4.13. The van der Waals surface area contributed by atoms with E-state index in [1.807, 2.05) is 0 Å². The zero-order chi connectivity index (χ0) is 21.9. The van der Waals surface area contributed by atoms with E-state index in [1.165, 1.54) is 6.21 Å². The van der Waals surface area contributed by atoms with Gasteiger partial charge in [0.05, 0.1) is 19.0 Å². The molecule has 0 unspecified atom stereocenters. The number of ether oxygens (including phenoxy) is 2. The van der Waals surface area contributed by atoms with Crippen molar-refractivity contribution in [2.75, 3.05) is 13.2 Å². The molecule has 0 saturated heterocycles. The van der Waals surface area contributed by atoms with Gasteiger partial charge in [-0.05, 0) is 66.2 Å². The van der Waals surface area contributed by atoms with Crippen LogP contribution in [0.25, 0.3) is 0 Å². The van der Waals surface area contributed by atoms with Gasteiger partial charge in [0, 0.05) is 5.02 Å². The number of furan rings is 1. The minimum Gasteiger partial charge on any atom is -0.484 e. The summed E-state index contributed by atoms with van der Waals surface area (Å²) in [7, 11) is 0. The molecule has 3 rings (SSSR count). The average molecular weight is 442 g/mol. The molecule has 0 aliphatic carbocycles. The zero-order valence-corrected chi connectivity index (χ0v) is 17.2. The highest BCUT2D eigenvalue weighted by molar-refractivity contribution is 6.30. The predicted molar refractivity (Wildman–Crippen MR) is 115 cm³/mol. The predicted octanol–water partition coefficient (Wildman–Crippen LogP) is 3.16. The molecule has 0 aliphatic heterocycles. The largest absolute Gasteiger partial charge is 0.484 e. The van der Waals surface area contributed by atoms with E-state index in [0.717, 1.165) is 5.56 Å². The first-order valence-electron chi connectivity index (χ1n) is 9.31. The Hall–Kier alpha value is -3.78. The molecule has 1 heterocycles. The van der Waals surface area contributed by atoms with Crippen molar-refractivity contribution in [3.8, 4) is 11.5 Å². The molecule has 160 valence electrons. The van der Waals surface area contributed by atoms with Crippen LogP contribution in [0.1, 0.15) is 11.3 Å². The van der Waals surface area contributed by atoms with Gasteiger partial charge in [0.2, 0.25) is 0 Å². The molecule has 8 nitrogen and oxygen atoms in total. The van der Waals surface area contributed by atoms with Gasteiger partial charge in [0.1, 0.15) is 17.3 Å². The molecule has 0 bridgehead atoms. The first kappa shape index (κ1) is 21.9. The molecular weight excluding hydrogens is 422 g/mol. The van der Waals surface area contributed by atoms with E-state index in [4.69, 9.17) is 25.5 Å². The Labute approximate surface area is 183 Å². The Morgan fingerprint density at radius 2 is 1.58 bits per heavy atom. The van der Waals surface area contributed by atoms with Crippen LogP contribution < -0.4 is 20.2 Å². The summed E-state index contributed by atoms with van der Waals surface area (Å²) in [6.45, 7) is 0.0204. The SMILES string of the molecule is O=C(COc1ccc(C=NNC(=O)COc2ccc(Cl)cc2)cc1)NCc1ccco1.